The molecule has 2 aromatic carbocycles. The summed E-state index contributed by atoms with van der Waals surface area (Å²) in [6.45, 7) is 6.42. The number of fused-ring (bicyclic) bond motifs is 1. The molecule has 0 aliphatic heterocycles. The monoisotopic (exact) mass is 417 g/mol. The summed E-state index contributed by atoms with van der Waals surface area (Å²) in [7, 11) is 0. The van der Waals surface area contributed by atoms with Crippen LogP contribution in [0.15, 0.2) is 60.0 Å². The number of amides is 1. The number of nitrogens with one attached hydrogen (secondary N) is 2. The zero-order valence-electron chi connectivity index (χ0n) is 17.1. The Balaban J connectivity index is 1.45. The fraction of sp³-hybridized carbons (Fsp3) is 0.217. The summed E-state index contributed by atoms with van der Waals surface area (Å²) in [5.74, 6) is 1.04. The van der Waals surface area contributed by atoms with Crippen molar-refractivity contribution in [2.45, 2.75) is 37.5 Å². The van der Waals surface area contributed by atoms with Crippen LogP contribution in [-0.2, 0) is 5.75 Å². The Hall–Kier alpha value is -3.19. The van der Waals surface area contributed by atoms with Gasteiger partial charge in [-0.25, -0.2) is 9.97 Å². The van der Waals surface area contributed by atoms with Crippen molar-refractivity contribution in [1.82, 2.24) is 20.2 Å². The Morgan fingerprint density at radius 2 is 2.03 bits per heavy atom. The molecule has 2 N–H and O–H groups in total. The smallest absolute Gasteiger partial charge is 0.255 e. The van der Waals surface area contributed by atoms with E-state index >= 15 is 0 Å². The van der Waals surface area contributed by atoms with E-state index in [1.165, 1.54) is 17.5 Å². The van der Waals surface area contributed by atoms with Gasteiger partial charge in [0.15, 0.2) is 5.65 Å². The summed E-state index contributed by atoms with van der Waals surface area (Å²) in [5.41, 5.74) is 5.69. The van der Waals surface area contributed by atoms with E-state index in [1.807, 2.05) is 36.4 Å². The van der Waals surface area contributed by atoms with Crippen molar-refractivity contribution in [2.75, 3.05) is 5.32 Å². The van der Waals surface area contributed by atoms with Gasteiger partial charge in [-0.1, -0.05) is 32.0 Å². The van der Waals surface area contributed by atoms with Gasteiger partial charge in [-0.2, -0.15) is 5.10 Å². The second-order valence-corrected chi connectivity index (χ2v) is 8.44. The maximum Gasteiger partial charge on any atom is 0.255 e. The van der Waals surface area contributed by atoms with E-state index in [2.05, 4.69) is 52.3 Å². The van der Waals surface area contributed by atoms with E-state index in [-0.39, 0.29) is 5.91 Å². The highest BCUT2D eigenvalue weighted by Gasteiger charge is 2.11. The highest BCUT2D eigenvalue weighted by Crippen LogP contribution is 2.27. The Bertz CT molecular complexity index is 1200. The number of aromatic amines is 1. The molecule has 0 unspecified atom stereocenters. The Labute approximate surface area is 179 Å². The molecule has 0 radical (unpaired) electrons. The minimum Gasteiger partial charge on any atom is -0.322 e. The fourth-order valence-corrected chi connectivity index (χ4v) is 4.33. The largest absolute Gasteiger partial charge is 0.322 e. The Kier molecular flexibility index (Phi) is 5.81. The lowest BCUT2D eigenvalue weighted by atomic mass is 9.97. The summed E-state index contributed by atoms with van der Waals surface area (Å²) >= 11 is 1.60. The number of aromatic nitrogens is 4. The molecule has 7 heteroatoms. The van der Waals surface area contributed by atoms with E-state index in [4.69, 9.17) is 0 Å². The minimum atomic E-state index is -0.113. The van der Waals surface area contributed by atoms with Crippen LogP contribution < -0.4 is 5.32 Å². The molecule has 1 amide bonds. The molecule has 0 fully saturated rings. The van der Waals surface area contributed by atoms with Crippen molar-refractivity contribution in [1.29, 1.82) is 0 Å². The van der Waals surface area contributed by atoms with Crippen LogP contribution in [0.3, 0.4) is 0 Å². The van der Waals surface area contributed by atoms with Gasteiger partial charge in [0.2, 0.25) is 0 Å². The standard InChI is InChI=1S/C23H23N5OS/c1-14(2)19-8-7-18(9-15(19)3)27-22(29)17-6-4-5-16(10-17)12-30-23-20-11-26-28-21(20)24-13-25-23/h4-11,13-14H,12H2,1-3H3,(H,27,29)(H,24,25,26,28). The molecular formula is C23H23N5OS. The molecule has 0 saturated carbocycles. The average molecular weight is 418 g/mol. The fourth-order valence-electron chi connectivity index (χ4n) is 3.42. The number of H-pyrrole nitrogens is 1. The van der Waals surface area contributed by atoms with Gasteiger partial charge in [0.1, 0.15) is 11.4 Å². The van der Waals surface area contributed by atoms with Crippen LogP contribution in [-0.4, -0.2) is 26.1 Å². The number of carbonyl (C=O) groups is 1. The van der Waals surface area contributed by atoms with Gasteiger partial charge in [0.25, 0.3) is 5.91 Å². The van der Waals surface area contributed by atoms with Crippen LogP contribution in [0.4, 0.5) is 5.69 Å². The summed E-state index contributed by atoms with van der Waals surface area (Å²) < 4.78 is 0. The van der Waals surface area contributed by atoms with Crippen LogP contribution >= 0.6 is 11.8 Å². The van der Waals surface area contributed by atoms with Gasteiger partial charge in [0, 0.05) is 17.0 Å². The molecule has 0 bridgehead atoms. The summed E-state index contributed by atoms with van der Waals surface area (Å²) in [6.07, 6.45) is 3.26. The topological polar surface area (TPSA) is 83.6 Å². The predicted molar refractivity (Wildman–Crippen MR) is 121 cm³/mol. The maximum atomic E-state index is 12.8. The highest BCUT2D eigenvalue weighted by atomic mass is 32.2. The van der Waals surface area contributed by atoms with Crippen LogP contribution in [0.1, 0.15) is 46.8 Å². The molecule has 0 saturated heterocycles. The zero-order chi connectivity index (χ0) is 21.1. The van der Waals surface area contributed by atoms with Crippen LogP contribution in [0.25, 0.3) is 11.0 Å². The summed E-state index contributed by atoms with van der Waals surface area (Å²) in [6, 6.07) is 13.7. The maximum absolute atomic E-state index is 12.8. The number of hydrogen-bond donors (Lipinski definition) is 2. The zero-order valence-corrected chi connectivity index (χ0v) is 18.0. The molecule has 0 spiro atoms. The first kappa shape index (κ1) is 20.1. The molecule has 0 aliphatic carbocycles. The van der Waals surface area contributed by atoms with Gasteiger partial charge in [-0.3, -0.25) is 9.89 Å². The number of carbonyl (C=O) groups excluding carboxylic acids is 1. The molecule has 30 heavy (non-hydrogen) atoms. The molecule has 2 aromatic heterocycles. The molecule has 4 aromatic rings. The first-order valence-electron chi connectivity index (χ1n) is 9.79. The molecule has 152 valence electrons. The van der Waals surface area contributed by atoms with E-state index < -0.39 is 0 Å². The Morgan fingerprint density at radius 3 is 2.83 bits per heavy atom. The lowest BCUT2D eigenvalue weighted by Crippen LogP contribution is -2.12. The number of anilines is 1. The summed E-state index contributed by atoms with van der Waals surface area (Å²) in [4.78, 5) is 21.3. The van der Waals surface area contributed by atoms with Gasteiger partial charge in [-0.15, -0.1) is 11.8 Å². The molecular weight excluding hydrogens is 394 g/mol. The van der Waals surface area contributed by atoms with Gasteiger partial charge in [-0.05, 0) is 53.8 Å². The predicted octanol–water partition coefficient (Wildman–Crippen LogP) is 5.33. The number of thioether (sulfide) groups is 1. The number of nitrogens with zero attached hydrogens (tertiary/aromatic N) is 3. The van der Waals surface area contributed by atoms with Gasteiger partial charge >= 0.3 is 0 Å². The van der Waals surface area contributed by atoms with Crippen molar-refractivity contribution < 1.29 is 4.79 Å². The SMILES string of the molecule is Cc1cc(NC(=O)c2cccc(CSc3ncnc4[nH]ncc34)c2)ccc1C(C)C. The van der Waals surface area contributed by atoms with E-state index in [0.29, 0.717) is 17.2 Å². The third-order valence-electron chi connectivity index (χ3n) is 4.93. The quantitative estimate of drug-likeness (QED) is 0.327. The number of benzene rings is 2. The third-order valence-corrected chi connectivity index (χ3v) is 6.00. The molecule has 6 nitrogen and oxygen atoms in total. The van der Waals surface area contributed by atoms with Gasteiger partial charge in [0.05, 0.1) is 11.6 Å². The first-order valence-corrected chi connectivity index (χ1v) is 10.8. The number of hydrogen-bond acceptors (Lipinski definition) is 5. The van der Waals surface area contributed by atoms with E-state index in [1.54, 1.807) is 18.0 Å². The molecule has 4 rings (SSSR count). The van der Waals surface area contributed by atoms with E-state index in [9.17, 15) is 4.79 Å². The second-order valence-electron chi connectivity index (χ2n) is 7.48. The molecule has 2 heterocycles. The summed E-state index contributed by atoms with van der Waals surface area (Å²) in [5, 5.41) is 11.6. The first-order chi connectivity index (χ1) is 14.5. The lowest BCUT2D eigenvalue weighted by Gasteiger charge is -2.12. The second kappa shape index (κ2) is 8.67. The van der Waals surface area contributed by atoms with Crippen molar-refractivity contribution >= 4 is 34.4 Å². The van der Waals surface area contributed by atoms with Crippen LogP contribution in [0.5, 0.6) is 0 Å². The van der Waals surface area contributed by atoms with E-state index in [0.717, 1.165) is 27.3 Å². The third kappa shape index (κ3) is 4.36. The van der Waals surface area contributed by atoms with Crippen molar-refractivity contribution in [3.05, 3.63) is 77.2 Å². The highest BCUT2D eigenvalue weighted by molar-refractivity contribution is 7.98. The van der Waals surface area contributed by atoms with Crippen LogP contribution in [0, 0.1) is 6.92 Å². The number of rotatable bonds is 6. The average Bonchev–Trinajstić information content (AvgIpc) is 3.22. The lowest BCUT2D eigenvalue weighted by molar-refractivity contribution is 0.102. The van der Waals surface area contributed by atoms with Crippen LogP contribution in [0.2, 0.25) is 0 Å². The van der Waals surface area contributed by atoms with Gasteiger partial charge < -0.3 is 5.32 Å². The van der Waals surface area contributed by atoms with Crippen molar-refractivity contribution in [3.63, 3.8) is 0 Å². The minimum absolute atomic E-state index is 0.113. The molecule has 0 atom stereocenters. The normalized spacial score (nSPS) is 11.2. The van der Waals surface area contributed by atoms with Crippen molar-refractivity contribution in [2.24, 2.45) is 0 Å². The molecule has 0 aliphatic rings. The Morgan fingerprint density at radius 1 is 1.17 bits per heavy atom. The number of aryl methyl sites for hydroxylation is 1. The van der Waals surface area contributed by atoms with Crippen molar-refractivity contribution in [3.8, 4) is 0 Å².